The van der Waals surface area contributed by atoms with E-state index < -0.39 is 0 Å². The van der Waals surface area contributed by atoms with Gasteiger partial charge in [-0.2, -0.15) is 8.75 Å². The zero-order valence-corrected chi connectivity index (χ0v) is 11.9. The predicted octanol–water partition coefficient (Wildman–Crippen LogP) is 1.34. The van der Waals surface area contributed by atoms with Crippen molar-refractivity contribution in [1.82, 2.24) is 23.6 Å². The van der Waals surface area contributed by atoms with Crippen molar-refractivity contribution in [3.63, 3.8) is 0 Å². The number of nitrogens with zero attached hydrogens (tertiary/aromatic N) is 5. The van der Waals surface area contributed by atoms with Gasteiger partial charge in [0, 0.05) is 38.1 Å². The summed E-state index contributed by atoms with van der Waals surface area (Å²) in [6, 6.07) is 0.0188. The van der Waals surface area contributed by atoms with Gasteiger partial charge in [0.25, 0.3) is 5.91 Å². The van der Waals surface area contributed by atoms with Crippen molar-refractivity contribution in [2.75, 3.05) is 7.05 Å². The monoisotopic (exact) mass is 277 g/mol. The van der Waals surface area contributed by atoms with Crippen LogP contribution in [0.2, 0.25) is 0 Å². The number of aryl methyl sites for hydroxylation is 1. The Balaban J connectivity index is 2.05. The number of carbonyl (C=O) groups excluding carboxylic acids is 1. The van der Waals surface area contributed by atoms with Gasteiger partial charge in [-0.1, -0.05) is 0 Å². The van der Waals surface area contributed by atoms with Crippen molar-refractivity contribution >= 4 is 17.6 Å². The molecule has 7 heteroatoms. The molecule has 0 saturated heterocycles. The van der Waals surface area contributed by atoms with Gasteiger partial charge in [-0.25, -0.2) is 0 Å². The van der Waals surface area contributed by atoms with Gasteiger partial charge in [0.05, 0.1) is 23.1 Å². The second-order valence-electron chi connectivity index (χ2n) is 4.36. The SMILES string of the molecule is Cc1nsnc1C(=O)N(C)C(C)Cc1cnccn1. The summed E-state index contributed by atoms with van der Waals surface area (Å²) in [7, 11) is 1.77. The van der Waals surface area contributed by atoms with Crippen LogP contribution in [0, 0.1) is 6.92 Å². The van der Waals surface area contributed by atoms with E-state index >= 15 is 0 Å². The van der Waals surface area contributed by atoms with Gasteiger partial charge in [0.2, 0.25) is 0 Å². The quantitative estimate of drug-likeness (QED) is 0.843. The van der Waals surface area contributed by atoms with Crippen LogP contribution in [0.4, 0.5) is 0 Å². The molecule has 0 radical (unpaired) electrons. The Morgan fingerprint density at radius 1 is 1.42 bits per heavy atom. The fraction of sp³-hybridized carbons (Fsp3) is 0.417. The van der Waals surface area contributed by atoms with Crippen LogP contribution >= 0.6 is 11.7 Å². The summed E-state index contributed by atoms with van der Waals surface area (Å²) < 4.78 is 8.06. The fourth-order valence-corrected chi connectivity index (χ4v) is 2.21. The van der Waals surface area contributed by atoms with E-state index in [-0.39, 0.29) is 11.9 Å². The lowest BCUT2D eigenvalue weighted by atomic mass is 10.1. The first-order valence-electron chi connectivity index (χ1n) is 5.90. The highest BCUT2D eigenvalue weighted by atomic mass is 32.1. The molecule has 100 valence electrons. The number of carbonyl (C=O) groups is 1. The molecule has 0 aliphatic carbocycles. The van der Waals surface area contributed by atoms with Gasteiger partial charge in [-0.3, -0.25) is 14.8 Å². The van der Waals surface area contributed by atoms with Crippen molar-refractivity contribution in [2.45, 2.75) is 26.3 Å². The lowest BCUT2D eigenvalue weighted by Crippen LogP contribution is -2.37. The molecule has 2 heterocycles. The molecule has 1 amide bonds. The van der Waals surface area contributed by atoms with Gasteiger partial charge in [0.15, 0.2) is 5.69 Å². The molecule has 0 saturated carbocycles. The average Bonchev–Trinajstić information content (AvgIpc) is 2.84. The molecule has 0 N–H and O–H groups in total. The Kier molecular flexibility index (Phi) is 4.16. The Labute approximate surface area is 115 Å². The highest BCUT2D eigenvalue weighted by Crippen LogP contribution is 2.11. The van der Waals surface area contributed by atoms with Gasteiger partial charge in [-0.05, 0) is 13.8 Å². The molecule has 1 unspecified atom stereocenters. The van der Waals surface area contributed by atoms with E-state index in [2.05, 4.69) is 18.7 Å². The minimum absolute atomic E-state index is 0.0188. The van der Waals surface area contributed by atoms with Crippen LogP contribution < -0.4 is 0 Å². The highest BCUT2D eigenvalue weighted by Gasteiger charge is 2.22. The molecule has 2 rings (SSSR count). The maximum absolute atomic E-state index is 12.3. The lowest BCUT2D eigenvalue weighted by Gasteiger charge is -2.23. The van der Waals surface area contributed by atoms with Gasteiger partial charge in [0.1, 0.15) is 0 Å². The largest absolute Gasteiger partial charge is 0.337 e. The summed E-state index contributed by atoms with van der Waals surface area (Å²) in [4.78, 5) is 22.2. The molecule has 19 heavy (non-hydrogen) atoms. The second-order valence-corrected chi connectivity index (χ2v) is 4.89. The normalized spacial score (nSPS) is 12.2. The zero-order chi connectivity index (χ0) is 13.8. The van der Waals surface area contributed by atoms with Crippen LogP contribution in [0.3, 0.4) is 0 Å². The van der Waals surface area contributed by atoms with Crippen LogP contribution in [-0.4, -0.2) is 42.6 Å². The summed E-state index contributed by atoms with van der Waals surface area (Å²) in [5.74, 6) is -0.109. The molecule has 2 aromatic heterocycles. The molecule has 0 aliphatic rings. The molecular weight excluding hydrogens is 262 g/mol. The third-order valence-electron chi connectivity index (χ3n) is 2.96. The summed E-state index contributed by atoms with van der Waals surface area (Å²) in [6.07, 6.45) is 5.66. The molecule has 2 aromatic rings. The molecule has 0 fully saturated rings. The van der Waals surface area contributed by atoms with Crippen LogP contribution in [0.15, 0.2) is 18.6 Å². The minimum atomic E-state index is -0.109. The smallest absolute Gasteiger partial charge is 0.275 e. The molecule has 0 aliphatic heterocycles. The molecule has 0 aromatic carbocycles. The van der Waals surface area contributed by atoms with E-state index in [9.17, 15) is 4.79 Å². The standard InChI is InChI=1S/C12H15N5OS/c1-8(6-10-7-13-4-5-14-10)17(3)12(18)11-9(2)15-19-16-11/h4-5,7-8H,6H2,1-3H3. The predicted molar refractivity (Wildman–Crippen MR) is 71.9 cm³/mol. The van der Waals surface area contributed by atoms with Gasteiger partial charge in [-0.15, -0.1) is 0 Å². The number of hydrogen-bond donors (Lipinski definition) is 0. The van der Waals surface area contributed by atoms with E-state index in [0.29, 0.717) is 17.8 Å². The molecule has 1 atom stereocenters. The summed E-state index contributed by atoms with van der Waals surface area (Å²) >= 11 is 1.06. The van der Waals surface area contributed by atoms with E-state index in [0.717, 1.165) is 17.4 Å². The van der Waals surface area contributed by atoms with Crippen molar-refractivity contribution in [2.24, 2.45) is 0 Å². The summed E-state index contributed by atoms with van der Waals surface area (Å²) in [5, 5.41) is 0. The second kappa shape index (κ2) is 5.83. The third-order valence-corrected chi connectivity index (χ3v) is 3.58. The van der Waals surface area contributed by atoms with Crippen LogP contribution in [0.1, 0.15) is 28.8 Å². The van der Waals surface area contributed by atoms with Crippen LogP contribution in [0.5, 0.6) is 0 Å². The first-order chi connectivity index (χ1) is 9.09. The van der Waals surface area contributed by atoms with E-state index in [1.807, 2.05) is 6.92 Å². The molecular formula is C12H15N5OS. The number of hydrogen-bond acceptors (Lipinski definition) is 6. The van der Waals surface area contributed by atoms with E-state index in [4.69, 9.17) is 0 Å². The maximum atomic E-state index is 12.3. The van der Waals surface area contributed by atoms with E-state index in [1.54, 1.807) is 37.5 Å². The first-order valence-corrected chi connectivity index (χ1v) is 6.64. The summed E-state index contributed by atoms with van der Waals surface area (Å²) in [6.45, 7) is 3.76. The molecule has 0 spiro atoms. The number of rotatable bonds is 4. The van der Waals surface area contributed by atoms with Crippen LogP contribution in [-0.2, 0) is 6.42 Å². The van der Waals surface area contributed by atoms with Crippen molar-refractivity contribution in [1.29, 1.82) is 0 Å². The van der Waals surface area contributed by atoms with Crippen molar-refractivity contribution in [3.05, 3.63) is 35.7 Å². The van der Waals surface area contributed by atoms with Gasteiger partial charge >= 0.3 is 0 Å². The topological polar surface area (TPSA) is 71.9 Å². The first kappa shape index (κ1) is 13.5. The third kappa shape index (κ3) is 3.11. The minimum Gasteiger partial charge on any atom is -0.337 e. The zero-order valence-electron chi connectivity index (χ0n) is 11.1. The van der Waals surface area contributed by atoms with Gasteiger partial charge < -0.3 is 4.90 Å². The van der Waals surface area contributed by atoms with E-state index in [1.165, 1.54) is 0 Å². The fourth-order valence-electron chi connectivity index (χ4n) is 1.67. The Morgan fingerprint density at radius 3 is 2.79 bits per heavy atom. The number of aromatic nitrogens is 4. The number of amides is 1. The number of likely N-dealkylation sites (N-methyl/N-ethyl adjacent to an activating group) is 1. The lowest BCUT2D eigenvalue weighted by molar-refractivity contribution is 0.0737. The van der Waals surface area contributed by atoms with Crippen molar-refractivity contribution in [3.8, 4) is 0 Å². The Hall–Kier alpha value is -1.89. The highest BCUT2D eigenvalue weighted by molar-refractivity contribution is 6.99. The summed E-state index contributed by atoms with van der Waals surface area (Å²) in [5.41, 5.74) is 1.97. The maximum Gasteiger partial charge on any atom is 0.275 e. The van der Waals surface area contributed by atoms with Crippen LogP contribution in [0.25, 0.3) is 0 Å². The molecule has 0 bridgehead atoms. The van der Waals surface area contributed by atoms with Crippen molar-refractivity contribution < 1.29 is 4.79 Å². The average molecular weight is 277 g/mol. The molecule has 6 nitrogen and oxygen atoms in total. The Bertz CT molecular complexity index is 556. The Morgan fingerprint density at radius 2 is 2.21 bits per heavy atom.